The quantitative estimate of drug-likeness (QED) is 0.360. The second-order valence-electron chi connectivity index (χ2n) is 9.67. The van der Waals surface area contributed by atoms with E-state index in [1.165, 1.54) is 5.57 Å². The van der Waals surface area contributed by atoms with Crippen molar-refractivity contribution in [3.05, 3.63) is 23.0 Å². The number of unbranched alkanes of at least 4 members (excludes halogenated alkanes) is 2. The Hall–Kier alpha value is -0.800. The highest BCUT2D eigenvalue weighted by atomic mass is 16.7. The van der Waals surface area contributed by atoms with Crippen molar-refractivity contribution in [1.29, 1.82) is 0 Å². The number of hydrogen-bond donors (Lipinski definition) is 1. The van der Waals surface area contributed by atoms with Crippen LogP contribution >= 0.6 is 0 Å². The normalized spacial score (nSPS) is 19.3. The molecule has 1 atom stereocenters. The molecule has 1 unspecified atom stereocenters. The van der Waals surface area contributed by atoms with Crippen LogP contribution in [0.5, 0.6) is 0 Å². The summed E-state index contributed by atoms with van der Waals surface area (Å²) in [6, 6.07) is 0. The van der Waals surface area contributed by atoms with Gasteiger partial charge < -0.3 is 14.6 Å². The Morgan fingerprint density at radius 3 is 1.88 bits per heavy atom. The first kappa shape index (κ1) is 23.2. The zero-order valence-electron chi connectivity index (χ0n) is 18.4. The van der Waals surface area contributed by atoms with Crippen LogP contribution in [0.25, 0.3) is 0 Å². The molecule has 0 aliphatic heterocycles. The lowest BCUT2D eigenvalue weighted by Gasteiger charge is -2.39. The molecule has 1 N–H and O–H groups in total. The number of aliphatic hydroxyl groups excluding tert-OH is 1. The lowest BCUT2D eigenvalue weighted by molar-refractivity contribution is -0.123. The van der Waals surface area contributed by atoms with Gasteiger partial charge in [0.15, 0.2) is 6.29 Å². The van der Waals surface area contributed by atoms with Crippen LogP contribution in [0.15, 0.2) is 23.0 Å². The third kappa shape index (κ3) is 6.74. The van der Waals surface area contributed by atoms with E-state index in [1.54, 1.807) is 0 Å². The van der Waals surface area contributed by atoms with Gasteiger partial charge in [0.05, 0.1) is 19.0 Å². The van der Waals surface area contributed by atoms with Gasteiger partial charge in [-0.3, -0.25) is 0 Å². The molecule has 1 aliphatic carbocycles. The maximum absolute atomic E-state index is 11.0. The molecule has 0 fully saturated rings. The summed E-state index contributed by atoms with van der Waals surface area (Å²) in [5, 5.41) is 11.0. The van der Waals surface area contributed by atoms with Crippen LogP contribution in [0.4, 0.5) is 0 Å². The summed E-state index contributed by atoms with van der Waals surface area (Å²) >= 11 is 0. The largest absolute Gasteiger partial charge is 0.512 e. The van der Waals surface area contributed by atoms with E-state index in [4.69, 9.17) is 9.47 Å². The van der Waals surface area contributed by atoms with Crippen molar-refractivity contribution in [2.45, 2.75) is 93.8 Å². The second-order valence-corrected chi connectivity index (χ2v) is 9.67. The van der Waals surface area contributed by atoms with E-state index in [1.807, 2.05) is 0 Å². The summed E-state index contributed by atoms with van der Waals surface area (Å²) < 4.78 is 12.3. The zero-order chi connectivity index (χ0) is 20.0. The highest BCUT2D eigenvalue weighted by Gasteiger charge is 2.38. The predicted molar refractivity (Wildman–Crippen MR) is 110 cm³/mol. The fraction of sp³-hybridized carbons (Fsp3) is 0.826. The summed E-state index contributed by atoms with van der Waals surface area (Å²) in [6.07, 6.45) is 6.92. The van der Waals surface area contributed by atoms with E-state index >= 15 is 0 Å². The van der Waals surface area contributed by atoms with Gasteiger partial charge in [0.25, 0.3) is 0 Å². The highest BCUT2D eigenvalue weighted by Crippen LogP contribution is 2.45. The van der Waals surface area contributed by atoms with Crippen LogP contribution in [-0.2, 0) is 9.47 Å². The van der Waals surface area contributed by atoms with Gasteiger partial charge in [0, 0.05) is 5.92 Å². The van der Waals surface area contributed by atoms with Crippen molar-refractivity contribution < 1.29 is 14.6 Å². The number of allylic oxidation sites excluding steroid dienone is 3. The van der Waals surface area contributed by atoms with Crippen molar-refractivity contribution in [3.63, 3.8) is 0 Å². The number of ether oxygens (including phenoxy) is 2. The van der Waals surface area contributed by atoms with Crippen LogP contribution in [-0.4, -0.2) is 24.6 Å². The van der Waals surface area contributed by atoms with Crippen molar-refractivity contribution in [2.24, 2.45) is 16.7 Å². The Bertz CT molecular complexity index is 479. The fourth-order valence-electron chi connectivity index (χ4n) is 3.25. The molecule has 0 saturated heterocycles. The van der Waals surface area contributed by atoms with Gasteiger partial charge in [-0.15, -0.1) is 0 Å². The zero-order valence-corrected chi connectivity index (χ0v) is 18.4. The van der Waals surface area contributed by atoms with Crippen molar-refractivity contribution in [1.82, 2.24) is 0 Å². The maximum Gasteiger partial charge on any atom is 0.180 e. The Balaban J connectivity index is 3.17. The summed E-state index contributed by atoms with van der Waals surface area (Å²) in [6.45, 7) is 18.8. The lowest BCUT2D eigenvalue weighted by atomic mass is 9.69. The van der Waals surface area contributed by atoms with Crippen LogP contribution in [0.2, 0.25) is 0 Å². The van der Waals surface area contributed by atoms with Crippen LogP contribution < -0.4 is 0 Å². The molecule has 0 saturated carbocycles. The molecular weight excluding hydrogens is 324 g/mol. The van der Waals surface area contributed by atoms with E-state index in [2.05, 4.69) is 61.5 Å². The summed E-state index contributed by atoms with van der Waals surface area (Å²) in [4.78, 5) is 0. The minimum Gasteiger partial charge on any atom is -0.512 e. The molecule has 3 heteroatoms. The van der Waals surface area contributed by atoms with Gasteiger partial charge in [-0.25, -0.2) is 0 Å². The summed E-state index contributed by atoms with van der Waals surface area (Å²) in [5.41, 5.74) is 2.05. The SMILES string of the molecule is CCCCOC(OCCCC)C1=CC(C(C)(C)C)=C(O)C(C(C)(C)C)C1. The van der Waals surface area contributed by atoms with Crippen LogP contribution in [0.3, 0.4) is 0 Å². The smallest absolute Gasteiger partial charge is 0.180 e. The van der Waals surface area contributed by atoms with Crippen LogP contribution in [0, 0.1) is 16.7 Å². The third-order valence-corrected chi connectivity index (χ3v) is 5.07. The standard InChI is InChI=1S/C23H42O3/c1-9-11-13-25-21(26-14-12-10-2)17-15-18(22(3,4)5)20(24)19(16-17)23(6,7)8/h15,19,21,24H,9-14,16H2,1-8H3. The van der Waals surface area contributed by atoms with E-state index in [0.717, 1.165) is 37.7 Å². The Kier molecular flexibility index (Phi) is 8.88. The molecule has 3 nitrogen and oxygen atoms in total. The Labute approximate surface area is 161 Å². The molecule has 0 bridgehead atoms. The lowest BCUT2D eigenvalue weighted by Crippen LogP contribution is -2.33. The maximum atomic E-state index is 11.0. The average molecular weight is 367 g/mol. The van der Waals surface area contributed by atoms with Gasteiger partial charge in [-0.2, -0.15) is 0 Å². The van der Waals surface area contributed by atoms with Crippen molar-refractivity contribution in [3.8, 4) is 0 Å². The highest BCUT2D eigenvalue weighted by molar-refractivity contribution is 5.38. The molecule has 0 aromatic heterocycles. The minimum absolute atomic E-state index is 0.0164. The molecule has 152 valence electrons. The van der Waals surface area contributed by atoms with Gasteiger partial charge in [-0.1, -0.05) is 74.3 Å². The summed E-state index contributed by atoms with van der Waals surface area (Å²) in [5.74, 6) is 0.624. The van der Waals surface area contributed by atoms with Gasteiger partial charge in [0.2, 0.25) is 0 Å². The Morgan fingerprint density at radius 1 is 1.00 bits per heavy atom. The predicted octanol–water partition coefficient (Wildman–Crippen LogP) is 6.80. The Morgan fingerprint density at radius 2 is 1.50 bits per heavy atom. The monoisotopic (exact) mass is 366 g/mol. The van der Waals surface area contributed by atoms with Crippen molar-refractivity contribution >= 4 is 0 Å². The molecule has 0 heterocycles. The molecule has 0 amide bonds. The third-order valence-electron chi connectivity index (χ3n) is 5.07. The number of rotatable bonds is 9. The molecule has 0 aromatic rings. The molecule has 26 heavy (non-hydrogen) atoms. The first-order valence-electron chi connectivity index (χ1n) is 10.4. The molecule has 1 rings (SSSR count). The summed E-state index contributed by atoms with van der Waals surface area (Å²) in [7, 11) is 0. The van der Waals surface area contributed by atoms with Crippen molar-refractivity contribution in [2.75, 3.05) is 13.2 Å². The molecule has 0 aromatic carbocycles. The molecule has 0 radical (unpaired) electrons. The molecular formula is C23H42O3. The number of hydrogen-bond acceptors (Lipinski definition) is 3. The first-order chi connectivity index (χ1) is 12.0. The second kappa shape index (κ2) is 9.94. The molecule has 1 aliphatic rings. The van der Waals surface area contributed by atoms with E-state index in [0.29, 0.717) is 19.0 Å². The number of aliphatic hydroxyl groups is 1. The van der Waals surface area contributed by atoms with Gasteiger partial charge >= 0.3 is 0 Å². The fourth-order valence-corrected chi connectivity index (χ4v) is 3.25. The van der Waals surface area contributed by atoms with Gasteiger partial charge in [0.1, 0.15) is 0 Å². The first-order valence-corrected chi connectivity index (χ1v) is 10.4. The van der Waals surface area contributed by atoms with Crippen LogP contribution in [0.1, 0.15) is 87.5 Å². The minimum atomic E-state index is -0.302. The van der Waals surface area contributed by atoms with Gasteiger partial charge in [-0.05, 0) is 41.2 Å². The molecule has 0 spiro atoms. The van der Waals surface area contributed by atoms with E-state index in [9.17, 15) is 5.11 Å². The van der Waals surface area contributed by atoms with E-state index < -0.39 is 0 Å². The topological polar surface area (TPSA) is 38.7 Å². The average Bonchev–Trinajstić information content (AvgIpc) is 2.52. The van der Waals surface area contributed by atoms with E-state index in [-0.39, 0.29) is 23.0 Å².